The number of ether oxygens (including phenoxy) is 3. The number of hydrogen-bond acceptors (Lipinski definition) is 6. The number of amides is 1. The minimum Gasteiger partial charge on any atom is -0.494 e. The molecule has 29 heavy (non-hydrogen) atoms. The van der Waals surface area contributed by atoms with Gasteiger partial charge in [0.1, 0.15) is 5.75 Å². The van der Waals surface area contributed by atoms with Crippen LogP contribution in [0.5, 0.6) is 17.2 Å². The molecule has 0 saturated carbocycles. The number of rotatable bonds is 7. The van der Waals surface area contributed by atoms with Gasteiger partial charge in [0.05, 0.1) is 20.8 Å². The minimum atomic E-state index is -0.486. The van der Waals surface area contributed by atoms with Crippen molar-refractivity contribution >= 4 is 11.7 Å². The Bertz CT molecular complexity index is 1060. The maximum absolute atomic E-state index is 12.8. The van der Waals surface area contributed by atoms with Gasteiger partial charge in [0.15, 0.2) is 17.3 Å². The quantitative estimate of drug-likeness (QED) is 0.661. The third-order valence-electron chi connectivity index (χ3n) is 4.14. The van der Waals surface area contributed by atoms with E-state index in [4.69, 9.17) is 14.2 Å². The van der Waals surface area contributed by atoms with Crippen molar-refractivity contribution in [1.82, 2.24) is 9.55 Å². The zero-order valence-corrected chi connectivity index (χ0v) is 16.3. The second kappa shape index (κ2) is 8.92. The lowest BCUT2D eigenvalue weighted by Crippen LogP contribution is -2.26. The number of nitrogens with zero attached hydrogens (tertiary/aromatic N) is 2. The monoisotopic (exact) mass is 395 g/mol. The molecule has 0 saturated heterocycles. The lowest BCUT2D eigenvalue weighted by atomic mass is 10.2. The summed E-state index contributed by atoms with van der Waals surface area (Å²) < 4.78 is 17.2. The number of aromatic nitrogens is 2. The summed E-state index contributed by atoms with van der Waals surface area (Å²) in [4.78, 5) is 29.4. The van der Waals surface area contributed by atoms with Crippen LogP contribution >= 0.6 is 0 Å². The molecular formula is C21H21N3O5. The van der Waals surface area contributed by atoms with Crippen LogP contribution in [0.15, 0.2) is 59.7 Å². The highest BCUT2D eigenvalue weighted by atomic mass is 16.5. The van der Waals surface area contributed by atoms with Crippen LogP contribution < -0.4 is 25.1 Å². The lowest BCUT2D eigenvalue weighted by molar-refractivity contribution is 0.102. The number of benzene rings is 2. The van der Waals surface area contributed by atoms with Crippen molar-refractivity contribution in [2.45, 2.75) is 6.92 Å². The molecule has 1 N–H and O–H groups in total. The first-order valence-electron chi connectivity index (χ1n) is 8.91. The van der Waals surface area contributed by atoms with Crippen LogP contribution in [-0.4, -0.2) is 36.3 Å². The van der Waals surface area contributed by atoms with Gasteiger partial charge in [0, 0.05) is 23.6 Å². The van der Waals surface area contributed by atoms with E-state index in [-0.39, 0.29) is 5.82 Å². The van der Waals surface area contributed by atoms with Crippen molar-refractivity contribution in [3.63, 3.8) is 0 Å². The molecule has 1 amide bonds. The summed E-state index contributed by atoms with van der Waals surface area (Å²) in [6.45, 7) is 2.45. The fourth-order valence-electron chi connectivity index (χ4n) is 2.73. The molecule has 150 valence electrons. The molecule has 0 radical (unpaired) electrons. The molecule has 0 aliphatic carbocycles. The first-order valence-corrected chi connectivity index (χ1v) is 8.91. The normalized spacial score (nSPS) is 10.3. The molecule has 1 heterocycles. The molecule has 2 aromatic carbocycles. The first-order chi connectivity index (χ1) is 14.1. The maximum atomic E-state index is 12.8. The average Bonchev–Trinajstić information content (AvgIpc) is 2.75. The van der Waals surface area contributed by atoms with Crippen molar-refractivity contribution < 1.29 is 19.0 Å². The van der Waals surface area contributed by atoms with Crippen molar-refractivity contribution in [2.24, 2.45) is 0 Å². The number of carbonyl (C=O) groups is 1. The summed E-state index contributed by atoms with van der Waals surface area (Å²) in [6, 6.07) is 11.8. The predicted octanol–water partition coefficient (Wildman–Crippen LogP) is 2.90. The fourth-order valence-corrected chi connectivity index (χ4v) is 2.73. The van der Waals surface area contributed by atoms with E-state index in [0.29, 0.717) is 35.1 Å². The predicted molar refractivity (Wildman–Crippen MR) is 109 cm³/mol. The summed E-state index contributed by atoms with van der Waals surface area (Å²) in [6.07, 6.45) is 2.98. The summed E-state index contributed by atoms with van der Waals surface area (Å²) >= 11 is 0. The molecule has 3 rings (SSSR count). The fraction of sp³-hybridized carbons (Fsp3) is 0.190. The van der Waals surface area contributed by atoms with Gasteiger partial charge in [-0.2, -0.15) is 0 Å². The van der Waals surface area contributed by atoms with Gasteiger partial charge in [-0.1, -0.05) is 0 Å². The third-order valence-corrected chi connectivity index (χ3v) is 4.14. The van der Waals surface area contributed by atoms with Crippen LogP contribution in [0.25, 0.3) is 5.69 Å². The Morgan fingerprint density at radius 2 is 1.79 bits per heavy atom. The molecule has 0 atom stereocenters. The molecule has 0 aliphatic heterocycles. The van der Waals surface area contributed by atoms with Gasteiger partial charge >= 0.3 is 0 Å². The van der Waals surface area contributed by atoms with Crippen LogP contribution in [0.2, 0.25) is 0 Å². The maximum Gasteiger partial charge on any atom is 0.298 e. The summed E-state index contributed by atoms with van der Waals surface area (Å²) in [5.41, 5.74) is 0.480. The van der Waals surface area contributed by atoms with Crippen LogP contribution in [-0.2, 0) is 0 Å². The Balaban J connectivity index is 1.86. The Morgan fingerprint density at radius 1 is 1.07 bits per heavy atom. The number of carbonyl (C=O) groups excluding carboxylic acids is 1. The average molecular weight is 395 g/mol. The van der Waals surface area contributed by atoms with Crippen molar-refractivity contribution in [1.29, 1.82) is 0 Å². The van der Waals surface area contributed by atoms with Crippen LogP contribution in [0.1, 0.15) is 17.3 Å². The van der Waals surface area contributed by atoms with E-state index in [1.807, 2.05) is 6.92 Å². The van der Waals surface area contributed by atoms with Crippen LogP contribution in [0.4, 0.5) is 5.82 Å². The van der Waals surface area contributed by atoms with E-state index in [9.17, 15) is 9.59 Å². The summed E-state index contributed by atoms with van der Waals surface area (Å²) in [5.74, 6) is 1.05. The summed E-state index contributed by atoms with van der Waals surface area (Å²) in [7, 11) is 2.99. The largest absolute Gasteiger partial charge is 0.494 e. The van der Waals surface area contributed by atoms with Gasteiger partial charge in [0.25, 0.3) is 11.5 Å². The topological polar surface area (TPSA) is 91.7 Å². The lowest BCUT2D eigenvalue weighted by Gasteiger charge is -2.11. The van der Waals surface area contributed by atoms with Gasteiger partial charge < -0.3 is 19.5 Å². The highest BCUT2D eigenvalue weighted by Gasteiger charge is 2.14. The van der Waals surface area contributed by atoms with E-state index < -0.39 is 11.5 Å². The van der Waals surface area contributed by atoms with Gasteiger partial charge in [-0.25, -0.2) is 4.98 Å². The number of anilines is 1. The molecule has 0 bridgehead atoms. The molecule has 0 unspecified atom stereocenters. The van der Waals surface area contributed by atoms with Crippen molar-refractivity contribution in [3.8, 4) is 22.9 Å². The van der Waals surface area contributed by atoms with E-state index in [1.54, 1.807) is 36.4 Å². The van der Waals surface area contributed by atoms with E-state index in [0.717, 1.165) is 0 Å². The highest BCUT2D eigenvalue weighted by Crippen LogP contribution is 2.27. The summed E-state index contributed by atoms with van der Waals surface area (Å²) in [5, 5.41) is 2.55. The molecule has 3 aromatic rings. The van der Waals surface area contributed by atoms with Crippen molar-refractivity contribution in [3.05, 3.63) is 70.8 Å². The molecule has 8 nitrogen and oxygen atoms in total. The van der Waals surface area contributed by atoms with E-state index >= 15 is 0 Å². The van der Waals surface area contributed by atoms with Gasteiger partial charge in [-0.15, -0.1) is 0 Å². The molecule has 8 heteroatoms. The van der Waals surface area contributed by atoms with Gasteiger partial charge in [-0.05, 0) is 49.4 Å². The second-order valence-electron chi connectivity index (χ2n) is 5.90. The van der Waals surface area contributed by atoms with Crippen LogP contribution in [0.3, 0.4) is 0 Å². The molecule has 1 aromatic heterocycles. The van der Waals surface area contributed by atoms with Crippen LogP contribution in [0, 0.1) is 0 Å². The van der Waals surface area contributed by atoms with Gasteiger partial charge in [-0.3, -0.25) is 14.2 Å². The molecule has 0 fully saturated rings. The Kier molecular flexibility index (Phi) is 6.13. The first kappa shape index (κ1) is 19.9. The van der Waals surface area contributed by atoms with Gasteiger partial charge in [0.2, 0.25) is 0 Å². The third kappa shape index (κ3) is 4.37. The zero-order valence-electron chi connectivity index (χ0n) is 16.3. The van der Waals surface area contributed by atoms with Crippen molar-refractivity contribution in [2.75, 3.05) is 26.1 Å². The van der Waals surface area contributed by atoms with E-state index in [1.165, 1.54) is 37.2 Å². The SMILES string of the molecule is CCOc1ccc(-n2ccnc(NC(=O)c3ccc(OC)c(OC)c3)c2=O)cc1. The Morgan fingerprint density at radius 3 is 2.45 bits per heavy atom. The minimum absolute atomic E-state index is 0.0823. The Labute approximate surface area is 167 Å². The number of methoxy groups -OCH3 is 2. The Hall–Kier alpha value is -3.81. The molecule has 0 spiro atoms. The number of hydrogen-bond donors (Lipinski definition) is 1. The molecule has 0 aliphatic rings. The standard InChI is InChI=1S/C21H21N3O5/c1-4-29-16-8-6-15(7-9-16)24-12-11-22-19(21(24)26)23-20(25)14-5-10-17(27-2)18(13-14)28-3/h5-13H,4H2,1-3H3,(H,22,23,25). The number of nitrogens with one attached hydrogen (secondary N) is 1. The highest BCUT2D eigenvalue weighted by molar-refractivity contribution is 6.04. The smallest absolute Gasteiger partial charge is 0.298 e. The molecular weight excluding hydrogens is 374 g/mol. The zero-order chi connectivity index (χ0) is 20.8. The van der Waals surface area contributed by atoms with E-state index in [2.05, 4.69) is 10.3 Å². The second-order valence-corrected chi connectivity index (χ2v) is 5.90.